The molecule has 0 atom stereocenters. The summed E-state index contributed by atoms with van der Waals surface area (Å²) < 4.78 is 4.78. The molecule has 0 aliphatic heterocycles. The molecule has 0 radical (unpaired) electrons. The van der Waals surface area contributed by atoms with E-state index in [9.17, 15) is 4.79 Å². The predicted molar refractivity (Wildman–Crippen MR) is 88.5 cm³/mol. The van der Waals surface area contributed by atoms with Gasteiger partial charge in [-0.2, -0.15) is 0 Å². The fourth-order valence-electron chi connectivity index (χ4n) is 2.38. The Morgan fingerprint density at radius 1 is 1.09 bits per heavy atom. The van der Waals surface area contributed by atoms with Gasteiger partial charge in [0, 0.05) is 11.8 Å². The van der Waals surface area contributed by atoms with Crippen LogP contribution < -0.4 is 0 Å². The SMILES string of the molecule is COC(=O)c1ccc2cccc(-c3ccnc(Cl)c3Cl)c2c1. The first-order chi connectivity index (χ1) is 10.6. The van der Waals surface area contributed by atoms with E-state index < -0.39 is 0 Å². The first-order valence-electron chi connectivity index (χ1n) is 6.53. The lowest BCUT2D eigenvalue weighted by Gasteiger charge is -2.10. The topological polar surface area (TPSA) is 39.2 Å². The molecule has 3 rings (SSSR count). The molecule has 1 aromatic heterocycles. The summed E-state index contributed by atoms with van der Waals surface area (Å²) >= 11 is 12.3. The van der Waals surface area contributed by atoms with Gasteiger partial charge in [0.2, 0.25) is 0 Å². The minimum Gasteiger partial charge on any atom is -0.465 e. The molecule has 3 aromatic rings. The van der Waals surface area contributed by atoms with Crippen LogP contribution in [0, 0.1) is 0 Å². The van der Waals surface area contributed by atoms with Crippen LogP contribution in [0.15, 0.2) is 48.7 Å². The Morgan fingerprint density at radius 3 is 2.68 bits per heavy atom. The lowest BCUT2D eigenvalue weighted by Crippen LogP contribution is -2.00. The summed E-state index contributed by atoms with van der Waals surface area (Å²) in [6, 6.07) is 13.0. The Labute approximate surface area is 137 Å². The summed E-state index contributed by atoms with van der Waals surface area (Å²) in [7, 11) is 1.36. The first-order valence-corrected chi connectivity index (χ1v) is 7.29. The van der Waals surface area contributed by atoms with Crippen molar-refractivity contribution in [2.24, 2.45) is 0 Å². The zero-order valence-corrected chi connectivity index (χ0v) is 13.2. The quantitative estimate of drug-likeness (QED) is 0.490. The molecule has 110 valence electrons. The van der Waals surface area contributed by atoms with E-state index in [2.05, 4.69) is 4.98 Å². The highest BCUT2D eigenvalue weighted by molar-refractivity contribution is 6.43. The summed E-state index contributed by atoms with van der Waals surface area (Å²) in [6.07, 6.45) is 1.60. The van der Waals surface area contributed by atoms with Gasteiger partial charge in [-0.15, -0.1) is 0 Å². The van der Waals surface area contributed by atoms with E-state index in [0.29, 0.717) is 10.6 Å². The Kier molecular flexibility index (Phi) is 4.01. The van der Waals surface area contributed by atoms with Crippen molar-refractivity contribution >= 4 is 39.9 Å². The number of aromatic nitrogens is 1. The van der Waals surface area contributed by atoms with Crippen molar-refractivity contribution in [1.82, 2.24) is 4.98 Å². The van der Waals surface area contributed by atoms with Crippen LogP contribution in [-0.2, 0) is 4.74 Å². The average Bonchev–Trinajstić information content (AvgIpc) is 2.55. The summed E-state index contributed by atoms with van der Waals surface area (Å²) in [5.74, 6) is -0.379. The molecule has 2 aromatic carbocycles. The number of carbonyl (C=O) groups excluding carboxylic acids is 1. The second kappa shape index (κ2) is 5.95. The van der Waals surface area contributed by atoms with Crippen LogP contribution in [0.4, 0.5) is 0 Å². The smallest absolute Gasteiger partial charge is 0.337 e. The number of nitrogens with zero attached hydrogens (tertiary/aromatic N) is 1. The fraction of sp³-hybridized carbons (Fsp3) is 0.0588. The molecule has 3 nitrogen and oxygen atoms in total. The lowest BCUT2D eigenvalue weighted by molar-refractivity contribution is 0.0601. The minimum absolute atomic E-state index is 0.250. The number of esters is 1. The van der Waals surface area contributed by atoms with Gasteiger partial charge < -0.3 is 4.74 Å². The second-order valence-electron chi connectivity index (χ2n) is 4.70. The maximum Gasteiger partial charge on any atom is 0.337 e. The molecule has 1 heterocycles. The number of carbonyl (C=O) groups is 1. The Hall–Kier alpha value is -2.10. The third kappa shape index (κ3) is 2.54. The molecule has 0 spiro atoms. The van der Waals surface area contributed by atoms with Crippen molar-refractivity contribution in [3.05, 3.63) is 64.4 Å². The van der Waals surface area contributed by atoms with Crippen LogP contribution in [0.1, 0.15) is 10.4 Å². The molecule has 0 amide bonds. The summed E-state index contributed by atoms with van der Waals surface area (Å²) in [4.78, 5) is 15.7. The van der Waals surface area contributed by atoms with Crippen molar-refractivity contribution < 1.29 is 9.53 Å². The number of halogens is 2. The van der Waals surface area contributed by atoms with Gasteiger partial charge in [-0.05, 0) is 34.5 Å². The van der Waals surface area contributed by atoms with Crippen molar-refractivity contribution in [1.29, 1.82) is 0 Å². The van der Waals surface area contributed by atoms with Gasteiger partial charge in [0.1, 0.15) is 5.15 Å². The molecule has 0 aliphatic rings. The molecule has 0 saturated heterocycles. The molecule has 0 saturated carbocycles. The second-order valence-corrected chi connectivity index (χ2v) is 5.43. The van der Waals surface area contributed by atoms with E-state index in [1.165, 1.54) is 7.11 Å². The summed E-state index contributed by atoms with van der Waals surface area (Å²) in [5, 5.41) is 2.53. The number of ether oxygens (including phenoxy) is 1. The maximum atomic E-state index is 11.7. The first kappa shape index (κ1) is 14.8. The zero-order chi connectivity index (χ0) is 15.7. The van der Waals surface area contributed by atoms with Crippen LogP contribution in [0.2, 0.25) is 10.2 Å². The molecule has 0 aliphatic carbocycles. The Balaban J connectivity index is 2.29. The van der Waals surface area contributed by atoms with Gasteiger partial charge in [0.25, 0.3) is 0 Å². The van der Waals surface area contributed by atoms with Crippen LogP contribution >= 0.6 is 23.2 Å². The number of methoxy groups -OCH3 is 1. The molecule has 0 unspecified atom stereocenters. The summed E-state index contributed by atoms with van der Waals surface area (Å²) in [6.45, 7) is 0. The predicted octanol–water partition coefficient (Wildman–Crippen LogP) is 5.00. The molecule has 0 N–H and O–H groups in total. The summed E-state index contributed by atoms with van der Waals surface area (Å²) in [5.41, 5.74) is 2.14. The largest absolute Gasteiger partial charge is 0.465 e. The van der Waals surface area contributed by atoms with Gasteiger partial charge >= 0.3 is 5.97 Å². The van der Waals surface area contributed by atoms with Gasteiger partial charge in [0.05, 0.1) is 17.7 Å². The third-order valence-corrected chi connectivity index (χ3v) is 4.21. The normalized spacial score (nSPS) is 10.7. The number of hydrogen-bond acceptors (Lipinski definition) is 3. The Morgan fingerprint density at radius 2 is 1.91 bits per heavy atom. The van der Waals surface area contributed by atoms with Crippen molar-refractivity contribution in [3.8, 4) is 11.1 Å². The van der Waals surface area contributed by atoms with E-state index >= 15 is 0 Å². The van der Waals surface area contributed by atoms with Gasteiger partial charge in [0.15, 0.2) is 0 Å². The van der Waals surface area contributed by atoms with E-state index in [-0.39, 0.29) is 11.1 Å². The number of benzene rings is 2. The maximum absolute atomic E-state index is 11.7. The molecule has 22 heavy (non-hydrogen) atoms. The van der Waals surface area contributed by atoms with E-state index in [1.807, 2.05) is 24.3 Å². The molecule has 0 fully saturated rings. The number of hydrogen-bond donors (Lipinski definition) is 0. The monoisotopic (exact) mass is 331 g/mol. The van der Waals surface area contributed by atoms with Crippen molar-refractivity contribution in [2.45, 2.75) is 0 Å². The molecule has 0 bridgehead atoms. The minimum atomic E-state index is -0.379. The molecular formula is C17H11Cl2NO2. The average molecular weight is 332 g/mol. The highest BCUT2D eigenvalue weighted by Gasteiger charge is 2.13. The molecular weight excluding hydrogens is 321 g/mol. The van der Waals surface area contributed by atoms with Crippen molar-refractivity contribution in [2.75, 3.05) is 7.11 Å². The van der Waals surface area contributed by atoms with Gasteiger partial charge in [-0.1, -0.05) is 47.5 Å². The lowest BCUT2D eigenvalue weighted by atomic mass is 9.97. The van der Waals surface area contributed by atoms with Crippen molar-refractivity contribution in [3.63, 3.8) is 0 Å². The highest BCUT2D eigenvalue weighted by atomic mass is 35.5. The number of pyridine rings is 1. The highest BCUT2D eigenvalue weighted by Crippen LogP contribution is 2.36. The Bertz CT molecular complexity index is 878. The third-order valence-electron chi connectivity index (χ3n) is 3.44. The zero-order valence-electron chi connectivity index (χ0n) is 11.6. The standard InChI is InChI=1S/C17H11Cl2NO2/c1-22-17(21)11-6-5-10-3-2-4-12(14(10)9-11)13-7-8-20-16(19)15(13)18/h2-9H,1H3. The van der Waals surface area contributed by atoms with Crippen LogP contribution in [0.5, 0.6) is 0 Å². The number of fused-ring (bicyclic) bond motifs is 1. The van der Waals surface area contributed by atoms with Gasteiger partial charge in [-0.3, -0.25) is 0 Å². The van der Waals surface area contributed by atoms with Gasteiger partial charge in [-0.25, -0.2) is 9.78 Å². The fourth-order valence-corrected chi connectivity index (χ4v) is 2.75. The van der Waals surface area contributed by atoms with Crippen LogP contribution in [0.25, 0.3) is 21.9 Å². The van der Waals surface area contributed by atoms with E-state index in [0.717, 1.165) is 21.9 Å². The number of rotatable bonds is 2. The van der Waals surface area contributed by atoms with Crippen LogP contribution in [-0.4, -0.2) is 18.1 Å². The van der Waals surface area contributed by atoms with E-state index in [4.69, 9.17) is 27.9 Å². The van der Waals surface area contributed by atoms with E-state index in [1.54, 1.807) is 24.4 Å². The van der Waals surface area contributed by atoms with Crippen LogP contribution in [0.3, 0.4) is 0 Å². The molecule has 5 heteroatoms.